The average molecular weight is 303 g/mol. The van der Waals surface area contributed by atoms with E-state index in [1.165, 1.54) is 0 Å². The van der Waals surface area contributed by atoms with Crippen molar-refractivity contribution >= 4 is 0 Å². The summed E-state index contributed by atoms with van der Waals surface area (Å²) in [6.45, 7) is 5.70. The smallest absolute Gasteiger partial charge is 0.161 e. The van der Waals surface area contributed by atoms with Crippen LogP contribution < -0.4 is 14.8 Å². The van der Waals surface area contributed by atoms with Crippen LogP contribution in [0.15, 0.2) is 41.0 Å². The molecule has 0 aliphatic rings. The van der Waals surface area contributed by atoms with Crippen LogP contribution in [0, 0.1) is 0 Å². The van der Waals surface area contributed by atoms with Crippen molar-refractivity contribution in [2.75, 3.05) is 13.7 Å². The van der Waals surface area contributed by atoms with Crippen LogP contribution in [0.25, 0.3) is 0 Å². The van der Waals surface area contributed by atoms with Crippen LogP contribution in [0.5, 0.6) is 11.5 Å². The van der Waals surface area contributed by atoms with Crippen molar-refractivity contribution in [2.45, 2.75) is 39.3 Å². The number of rotatable bonds is 9. The summed E-state index contributed by atoms with van der Waals surface area (Å²) in [5.41, 5.74) is 1.15. The Morgan fingerprint density at radius 2 is 2.09 bits per heavy atom. The van der Waals surface area contributed by atoms with E-state index in [2.05, 4.69) is 25.2 Å². The first-order chi connectivity index (χ1) is 10.7. The van der Waals surface area contributed by atoms with E-state index < -0.39 is 0 Å². The van der Waals surface area contributed by atoms with Gasteiger partial charge in [0.1, 0.15) is 5.76 Å². The highest BCUT2D eigenvalue weighted by Crippen LogP contribution is 2.28. The minimum Gasteiger partial charge on any atom is -0.493 e. The topological polar surface area (TPSA) is 43.6 Å². The van der Waals surface area contributed by atoms with Crippen molar-refractivity contribution < 1.29 is 13.9 Å². The van der Waals surface area contributed by atoms with Gasteiger partial charge in [0.15, 0.2) is 11.5 Å². The van der Waals surface area contributed by atoms with Crippen LogP contribution in [0.2, 0.25) is 0 Å². The zero-order valence-corrected chi connectivity index (χ0v) is 13.6. The largest absolute Gasteiger partial charge is 0.493 e. The summed E-state index contributed by atoms with van der Waals surface area (Å²) in [6.07, 6.45) is 3.86. The molecule has 2 rings (SSSR count). The van der Waals surface area contributed by atoms with Crippen LogP contribution in [0.4, 0.5) is 0 Å². The van der Waals surface area contributed by atoms with Gasteiger partial charge in [0.25, 0.3) is 0 Å². The van der Waals surface area contributed by atoms with Crippen molar-refractivity contribution in [3.8, 4) is 11.5 Å². The number of unbranched alkanes of at least 4 members (excludes halogenated alkanes) is 1. The average Bonchev–Trinajstić information content (AvgIpc) is 3.08. The number of benzene rings is 1. The normalized spacial score (nSPS) is 12.1. The van der Waals surface area contributed by atoms with Crippen LogP contribution >= 0.6 is 0 Å². The molecule has 0 aliphatic carbocycles. The number of ether oxygens (including phenoxy) is 2. The molecule has 0 saturated carbocycles. The Bertz CT molecular complexity index is 551. The lowest BCUT2D eigenvalue weighted by Crippen LogP contribution is -2.17. The van der Waals surface area contributed by atoms with Gasteiger partial charge >= 0.3 is 0 Å². The Morgan fingerprint density at radius 3 is 2.77 bits per heavy atom. The molecule has 0 saturated heterocycles. The minimum absolute atomic E-state index is 0.168. The SMILES string of the molecule is CCCCOc1ccc(CNC(C)c2ccco2)cc1OC. The third kappa shape index (κ3) is 4.53. The zero-order chi connectivity index (χ0) is 15.8. The highest BCUT2D eigenvalue weighted by molar-refractivity contribution is 5.43. The standard InChI is InChI=1S/C18H25NO3/c1-4-5-10-22-17-9-8-15(12-18(17)20-3)13-19-14(2)16-7-6-11-21-16/h6-9,11-12,14,19H,4-5,10,13H2,1-3H3. The highest BCUT2D eigenvalue weighted by atomic mass is 16.5. The lowest BCUT2D eigenvalue weighted by atomic mass is 10.1. The van der Waals surface area contributed by atoms with Crippen molar-refractivity contribution in [3.63, 3.8) is 0 Å². The summed E-state index contributed by atoms with van der Waals surface area (Å²) in [7, 11) is 1.67. The van der Waals surface area contributed by atoms with Crippen molar-refractivity contribution in [1.29, 1.82) is 0 Å². The molecule has 0 amide bonds. The number of nitrogens with one attached hydrogen (secondary N) is 1. The van der Waals surface area contributed by atoms with E-state index in [4.69, 9.17) is 13.9 Å². The third-order valence-corrected chi connectivity index (χ3v) is 3.57. The molecule has 0 fully saturated rings. The molecule has 0 radical (unpaired) electrons. The second-order valence-electron chi connectivity index (χ2n) is 5.31. The van der Waals surface area contributed by atoms with E-state index in [1.54, 1.807) is 13.4 Å². The number of hydrogen-bond acceptors (Lipinski definition) is 4. The molecule has 1 heterocycles. The van der Waals surface area contributed by atoms with E-state index >= 15 is 0 Å². The van der Waals surface area contributed by atoms with E-state index in [9.17, 15) is 0 Å². The Hall–Kier alpha value is -1.94. The molecule has 0 aliphatic heterocycles. The van der Waals surface area contributed by atoms with Crippen molar-refractivity contribution in [2.24, 2.45) is 0 Å². The first-order valence-electron chi connectivity index (χ1n) is 7.81. The first kappa shape index (κ1) is 16.4. The Kier molecular flexibility index (Phi) is 6.34. The summed E-state index contributed by atoms with van der Waals surface area (Å²) in [6, 6.07) is 10.1. The minimum atomic E-state index is 0.168. The third-order valence-electron chi connectivity index (χ3n) is 3.57. The van der Waals surface area contributed by atoms with E-state index in [0.29, 0.717) is 0 Å². The summed E-state index contributed by atoms with van der Waals surface area (Å²) < 4.78 is 16.6. The number of furan rings is 1. The molecule has 0 spiro atoms. The van der Waals surface area contributed by atoms with Gasteiger partial charge in [-0.05, 0) is 43.2 Å². The second-order valence-corrected chi connectivity index (χ2v) is 5.31. The quantitative estimate of drug-likeness (QED) is 0.701. The molecule has 4 heteroatoms. The van der Waals surface area contributed by atoms with Crippen LogP contribution in [-0.2, 0) is 6.54 Å². The van der Waals surface area contributed by atoms with Gasteiger partial charge < -0.3 is 19.2 Å². The number of methoxy groups -OCH3 is 1. The fourth-order valence-electron chi connectivity index (χ4n) is 2.18. The Morgan fingerprint density at radius 1 is 1.23 bits per heavy atom. The van der Waals surface area contributed by atoms with Gasteiger partial charge in [-0.3, -0.25) is 0 Å². The molecule has 1 aromatic carbocycles. The van der Waals surface area contributed by atoms with Crippen LogP contribution in [0.3, 0.4) is 0 Å². The van der Waals surface area contributed by atoms with Crippen LogP contribution in [0.1, 0.15) is 44.1 Å². The molecule has 1 aromatic heterocycles. The van der Waals surface area contributed by atoms with Gasteiger partial charge in [0, 0.05) is 6.54 Å². The maximum atomic E-state index is 5.75. The summed E-state index contributed by atoms with van der Waals surface area (Å²) >= 11 is 0. The zero-order valence-electron chi connectivity index (χ0n) is 13.6. The molecule has 22 heavy (non-hydrogen) atoms. The number of hydrogen-bond donors (Lipinski definition) is 1. The lowest BCUT2D eigenvalue weighted by molar-refractivity contribution is 0.288. The fourth-order valence-corrected chi connectivity index (χ4v) is 2.18. The summed E-state index contributed by atoms with van der Waals surface area (Å²) in [5.74, 6) is 2.52. The second kappa shape index (κ2) is 8.49. The van der Waals surface area contributed by atoms with Gasteiger partial charge in [-0.2, -0.15) is 0 Å². The summed E-state index contributed by atoms with van der Waals surface area (Å²) in [4.78, 5) is 0. The Balaban J connectivity index is 1.94. The lowest BCUT2D eigenvalue weighted by Gasteiger charge is -2.14. The monoisotopic (exact) mass is 303 g/mol. The van der Waals surface area contributed by atoms with Crippen molar-refractivity contribution in [3.05, 3.63) is 47.9 Å². The van der Waals surface area contributed by atoms with E-state index in [-0.39, 0.29) is 6.04 Å². The predicted octanol–water partition coefficient (Wildman–Crippen LogP) is 4.32. The maximum absolute atomic E-state index is 5.75. The molecule has 4 nitrogen and oxygen atoms in total. The van der Waals surface area contributed by atoms with Crippen LogP contribution in [-0.4, -0.2) is 13.7 Å². The fraction of sp³-hybridized carbons (Fsp3) is 0.444. The molecule has 120 valence electrons. The summed E-state index contributed by atoms with van der Waals surface area (Å²) in [5, 5.41) is 3.43. The highest BCUT2D eigenvalue weighted by Gasteiger charge is 2.09. The molecule has 0 bridgehead atoms. The van der Waals surface area contributed by atoms with E-state index in [1.807, 2.05) is 24.3 Å². The Labute approximate surface area is 132 Å². The van der Waals surface area contributed by atoms with Gasteiger partial charge in [-0.15, -0.1) is 0 Å². The van der Waals surface area contributed by atoms with Gasteiger partial charge in [-0.1, -0.05) is 19.4 Å². The molecule has 1 atom stereocenters. The van der Waals surface area contributed by atoms with Gasteiger partial charge in [-0.25, -0.2) is 0 Å². The maximum Gasteiger partial charge on any atom is 0.161 e. The molecular formula is C18H25NO3. The van der Waals surface area contributed by atoms with Crippen molar-refractivity contribution in [1.82, 2.24) is 5.32 Å². The molecule has 2 aromatic rings. The first-order valence-corrected chi connectivity index (χ1v) is 7.81. The van der Waals surface area contributed by atoms with E-state index in [0.717, 1.165) is 48.8 Å². The molecule has 1 unspecified atom stereocenters. The molecule has 1 N–H and O–H groups in total. The van der Waals surface area contributed by atoms with Gasteiger partial charge in [0.05, 0.1) is 26.0 Å². The van der Waals surface area contributed by atoms with Gasteiger partial charge in [0.2, 0.25) is 0 Å². The molecular weight excluding hydrogens is 278 g/mol. The predicted molar refractivity (Wildman–Crippen MR) is 87.4 cm³/mol.